The first-order chi connectivity index (χ1) is 10.1. The van der Waals surface area contributed by atoms with Crippen LogP contribution in [0.15, 0.2) is 60.7 Å². The Morgan fingerprint density at radius 2 is 1.62 bits per heavy atom. The highest BCUT2D eigenvalue weighted by atomic mass is 32.1. The fourth-order valence-electron chi connectivity index (χ4n) is 1.92. The molecular formula is C16H17N3OS. The van der Waals surface area contributed by atoms with Gasteiger partial charge in [-0.15, -0.1) is 0 Å². The van der Waals surface area contributed by atoms with Gasteiger partial charge < -0.3 is 16.4 Å². The number of anilines is 1. The maximum Gasteiger partial charge on any atom is 0.240 e. The molecule has 0 spiro atoms. The van der Waals surface area contributed by atoms with E-state index in [1.807, 2.05) is 60.7 Å². The number of hydrogen-bond donors (Lipinski definition) is 3. The Balaban J connectivity index is 1.96. The first-order valence-corrected chi connectivity index (χ1v) is 7.02. The fraction of sp³-hybridized carbons (Fsp3) is 0.125. The fourth-order valence-corrected chi connectivity index (χ4v) is 2.18. The molecule has 0 aliphatic carbocycles. The first kappa shape index (κ1) is 15.0. The maximum atomic E-state index is 11.6. The van der Waals surface area contributed by atoms with Gasteiger partial charge in [0.1, 0.15) is 6.04 Å². The van der Waals surface area contributed by atoms with Crippen LogP contribution in [-0.4, -0.2) is 17.1 Å². The lowest BCUT2D eigenvalue weighted by Gasteiger charge is -2.18. The standard InChI is InChI=1S/C16H17N3OS/c17-15(20)14(11-12-7-3-1-4-8-12)19-16(21)18-13-9-5-2-6-10-13/h1-10,14H,11H2,(H2,17,20)(H2,18,19,21). The van der Waals surface area contributed by atoms with E-state index in [1.165, 1.54) is 0 Å². The number of thiocarbonyl (C=S) groups is 1. The van der Waals surface area contributed by atoms with Gasteiger partial charge in [-0.3, -0.25) is 4.79 Å². The van der Waals surface area contributed by atoms with Gasteiger partial charge in [0.05, 0.1) is 0 Å². The Morgan fingerprint density at radius 1 is 1.05 bits per heavy atom. The van der Waals surface area contributed by atoms with E-state index < -0.39 is 11.9 Å². The van der Waals surface area contributed by atoms with Gasteiger partial charge in [-0.25, -0.2) is 0 Å². The molecule has 0 saturated carbocycles. The normalized spacial score (nSPS) is 11.4. The van der Waals surface area contributed by atoms with Crippen LogP contribution in [0.4, 0.5) is 5.69 Å². The Bertz CT molecular complexity index is 601. The molecule has 0 saturated heterocycles. The van der Waals surface area contributed by atoms with Crippen molar-refractivity contribution < 1.29 is 4.79 Å². The molecule has 4 N–H and O–H groups in total. The molecule has 4 nitrogen and oxygen atoms in total. The van der Waals surface area contributed by atoms with Crippen molar-refractivity contribution in [2.24, 2.45) is 5.73 Å². The molecule has 21 heavy (non-hydrogen) atoms. The van der Waals surface area contributed by atoms with Crippen molar-refractivity contribution in [3.8, 4) is 0 Å². The molecule has 1 unspecified atom stereocenters. The van der Waals surface area contributed by atoms with E-state index >= 15 is 0 Å². The smallest absolute Gasteiger partial charge is 0.240 e. The van der Waals surface area contributed by atoms with Gasteiger partial charge in [0, 0.05) is 12.1 Å². The van der Waals surface area contributed by atoms with Crippen LogP contribution in [0.25, 0.3) is 0 Å². The van der Waals surface area contributed by atoms with Gasteiger partial charge in [-0.1, -0.05) is 48.5 Å². The lowest BCUT2D eigenvalue weighted by Crippen LogP contribution is -2.47. The molecule has 0 radical (unpaired) electrons. The zero-order valence-corrected chi connectivity index (χ0v) is 12.3. The monoisotopic (exact) mass is 299 g/mol. The quantitative estimate of drug-likeness (QED) is 0.739. The van der Waals surface area contributed by atoms with E-state index in [2.05, 4.69) is 10.6 Å². The minimum absolute atomic E-state index is 0.376. The first-order valence-electron chi connectivity index (χ1n) is 6.61. The van der Waals surface area contributed by atoms with Crippen molar-refractivity contribution in [3.63, 3.8) is 0 Å². The van der Waals surface area contributed by atoms with Crippen LogP contribution in [0.5, 0.6) is 0 Å². The maximum absolute atomic E-state index is 11.6. The highest BCUT2D eigenvalue weighted by molar-refractivity contribution is 7.80. The zero-order chi connectivity index (χ0) is 15.1. The number of hydrogen-bond acceptors (Lipinski definition) is 2. The van der Waals surface area contributed by atoms with Gasteiger partial charge in [0.15, 0.2) is 5.11 Å². The molecule has 0 aliphatic rings. The molecule has 0 bridgehead atoms. The third kappa shape index (κ3) is 4.89. The number of rotatable bonds is 5. The van der Waals surface area contributed by atoms with Gasteiger partial charge >= 0.3 is 0 Å². The summed E-state index contributed by atoms with van der Waals surface area (Å²) >= 11 is 5.22. The molecule has 2 aromatic carbocycles. The lowest BCUT2D eigenvalue weighted by atomic mass is 10.1. The third-order valence-corrected chi connectivity index (χ3v) is 3.18. The Labute approximate surface area is 129 Å². The van der Waals surface area contributed by atoms with Crippen molar-refractivity contribution in [1.82, 2.24) is 5.32 Å². The van der Waals surface area contributed by atoms with Crippen molar-refractivity contribution in [3.05, 3.63) is 66.2 Å². The van der Waals surface area contributed by atoms with E-state index in [0.29, 0.717) is 11.5 Å². The summed E-state index contributed by atoms with van der Waals surface area (Å²) < 4.78 is 0. The second kappa shape index (κ2) is 7.40. The number of benzene rings is 2. The summed E-state index contributed by atoms with van der Waals surface area (Å²) in [4.78, 5) is 11.6. The molecule has 2 rings (SSSR count). The summed E-state index contributed by atoms with van der Waals surface area (Å²) in [5.41, 5.74) is 7.32. The highest BCUT2D eigenvalue weighted by Crippen LogP contribution is 2.06. The largest absolute Gasteiger partial charge is 0.368 e. The molecule has 0 aromatic heterocycles. The molecule has 0 fully saturated rings. The predicted molar refractivity (Wildman–Crippen MR) is 88.9 cm³/mol. The van der Waals surface area contributed by atoms with Crippen LogP contribution in [0.3, 0.4) is 0 Å². The molecule has 0 aliphatic heterocycles. The summed E-state index contributed by atoms with van der Waals surface area (Å²) in [5.74, 6) is -0.434. The van der Waals surface area contributed by atoms with Crippen molar-refractivity contribution >= 4 is 28.9 Å². The van der Waals surface area contributed by atoms with E-state index in [9.17, 15) is 4.79 Å². The number of nitrogens with two attached hydrogens (primary N) is 1. The summed E-state index contributed by atoms with van der Waals surface area (Å²) in [6.45, 7) is 0. The van der Waals surface area contributed by atoms with E-state index in [4.69, 9.17) is 18.0 Å². The highest BCUT2D eigenvalue weighted by Gasteiger charge is 2.16. The van der Waals surface area contributed by atoms with E-state index in [0.717, 1.165) is 11.3 Å². The molecular weight excluding hydrogens is 282 g/mol. The Morgan fingerprint density at radius 3 is 2.19 bits per heavy atom. The second-order valence-corrected chi connectivity index (χ2v) is 5.02. The summed E-state index contributed by atoms with van der Waals surface area (Å²) in [6, 6.07) is 18.6. The van der Waals surface area contributed by atoms with Gasteiger partial charge in [0.25, 0.3) is 0 Å². The predicted octanol–water partition coefficient (Wildman–Crippen LogP) is 2.07. The Hall–Kier alpha value is -2.40. The minimum atomic E-state index is -0.545. The molecule has 108 valence electrons. The van der Waals surface area contributed by atoms with Gasteiger partial charge in [-0.05, 0) is 29.9 Å². The number of amides is 1. The van der Waals surface area contributed by atoms with Crippen molar-refractivity contribution in [2.45, 2.75) is 12.5 Å². The Kier molecular flexibility index (Phi) is 5.29. The van der Waals surface area contributed by atoms with E-state index in [-0.39, 0.29) is 0 Å². The third-order valence-electron chi connectivity index (χ3n) is 2.96. The van der Waals surface area contributed by atoms with Crippen LogP contribution in [0.2, 0.25) is 0 Å². The van der Waals surface area contributed by atoms with Crippen LogP contribution in [0.1, 0.15) is 5.56 Å². The zero-order valence-electron chi connectivity index (χ0n) is 11.5. The van der Waals surface area contributed by atoms with Crippen molar-refractivity contribution in [1.29, 1.82) is 0 Å². The van der Waals surface area contributed by atoms with E-state index in [1.54, 1.807) is 0 Å². The molecule has 0 heterocycles. The van der Waals surface area contributed by atoms with Gasteiger partial charge in [0.2, 0.25) is 5.91 Å². The van der Waals surface area contributed by atoms with Crippen LogP contribution < -0.4 is 16.4 Å². The number of carbonyl (C=O) groups is 1. The number of carbonyl (C=O) groups excluding carboxylic acids is 1. The molecule has 2 aromatic rings. The molecule has 1 amide bonds. The summed E-state index contributed by atoms with van der Waals surface area (Å²) in [6.07, 6.45) is 0.493. The summed E-state index contributed by atoms with van der Waals surface area (Å²) in [7, 11) is 0. The minimum Gasteiger partial charge on any atom is -0.368 e. The van der Waals surface area contributed by atoms with Crippen LogP contribution in [-0.2, 0) is 11.2 Å². The number of para-hydroxylation sites is 1. The average Bonchev–Trinajstić information content (AvgIpc) is 2.48. The molecule has 5 heteroatoms. The van der Waals surface area contributed by atoms with Crippen LogP contribution in [0, 0.1) is 0 Å². The average molecular weight is 299 g/mol. The number of nitrogens with one attached hydrogen (secondary N) is 2. The topological polar surface area (TPSA) is 67.2 Å². The summed E-state index contributed by atoms with van der Waals surface area (Å²) in [5, 5.41) is 6.36. The lowest BCUT2D eigenvalue weighted by molar-refractivity contribution is -0.119. The van der Waals surface area contributed by atoms with Crippen molar-refractivity contribution in [2.75, 3.05) is 5.32 Å². The number of primary amides is 1. The molecule has 1 atom stereocenters. The SMILES string of the molecule is NC(=O)C(Cc1ccccc1)NC(=S)Nc1ccccc1. The van der Waals surface area contributed by atoms with Gasteiger partial charge in [-0.2, -0.15) is 0 Å². The van der Waals surface area contributed by atoms with Crippen LogP contribution >= 0.6 is 12.2 Å². The second-order valence-electron chi connectivity index (χ2n) is 4.61.